The zero-order valence-corrected chi connectivity index (χ0v) is 10.6. The highest BCUT2D eigenvalue weighted by atomic mass is 32.1. The maximum atomic E-state index is 13.4. The maximum absolute atomic E-state index is 13.4. The topological polar surface area (TPSA) is 3.24 Å². The van der Waals surface area contributed by atoms with Gasteiger partial charge in [-0.25, -0.2) is 4.39 Å². The van der Waals surface area contributed by atoms with Crippen LogP contribution in [0.1, 0.15) is 30.4 Å². The van der Waals surface area contributed by atoms with E-state index in [1.54, 1.807) is 6.07 Å². The van der Waals surface area contributed by atoms with E-state index >= 15 is 0 Å². The molecule has 1 fully saturated rings. The molecular formula is C13H18FNS. The summed E-state index contributed by atoms with van der Waals surface area (Å²) in [4.78, 5) is 2.85. The van der Waals surface area contributed by atoms with Gasteiger partial charge in [0.05, 0.1) is 0 Å². The molecular weight excluding hydrogens is 221 g/mol. The van der Waals surface area contributed by atoms with E-state index in [4.69, 9.17) is 0 Å². The Morgan fingerprint density at radius 2 is 1.94 bits per heavy atom. The number of benzene rings is 1. The van der Waals surface area contributed by atoms with Crippen LogP contribution in [0.25, 0.3) is 0 Å². The molecule has 1 saturated heterocycles. The third-order valence-corrected chi connectivity index (χ3v) is 3.59. The van der Waals surface area contributed by atoms with Crippen LogP contribution in [0, 0.1) is 12.7 Å². The summed E-state index contributed by atoms with van der Waals surface area (Å²) in [6.45, 7) is 5.18. The minimum absolute atomic E-state index is 0.207. The minimum atomic E-state index is -0.207. The number of aryl methyl sites for hydroxylation is 1. The molecule has 3 heteroatoms. The van der Waals surface area contributed by atoms with Gasteiger partial charge in [0.1, 0.15) is 5.82 Å². The summed E-state index contributed by atoms with van der Waals surface area (Å²) >= 11 is 4.09. The smallest absolute Gasteiger partial charge is 0.136 e. The Kier molecular flexibility index (Phi) is 3.87. The Hall–Kier alpha value is -0.540. The van der Waals surface area contributed by atoms with Gasteiger partial charge in [0, 0.05) is 11.4 Å². The fraction of sp³-hybridized carbons (Fsp3) is 0.538. The first-order valence-corrected chi connectivity index (χ1v) is 6.32. The van der Waals surface area contributed by atoms with Crippen molar-refractivity contribution in [1.82, 2.24) is 4.90 Å². The number of nitrogens with zero attached hydrogens (tertiary/aromatic N) is 1. The molecule has 16 heavy (non-hydrogen) atoms. The van der Waals surface area contributed by atoms with E-state index in [9.17, 15) is 4.39 Å². The van der Waals surface area contributed by atoms with Crippen molar-refractivity contribution in [2.45, 2.75) is 37.6 Å². The van der Waals surface area contributed by atoms with Gasteiger partial charge in [-0.3, -0.25) is 4.90 Å². The zero-order chi connectivity index (χ0) is 11.5. The monoisotopic (exact) mass is 239 g/mol. The third-order valence-electron chi connectivity index (χ3n) is 3.25. The maximum Gasteiger partial charge on any atom is 0.136 e. The van der Waals surface area contributed by atoms with Crippen LogP contribution in [0.15, 0.2) is 17.0 Å². The van der Waals surface area contributed by atoms with E-state index < -0.39 is 0 Å². The summed E-state index contributed by atoms with van der Waals surface area (Å²) in [6.07, 6.45) is 3.87. The summed E-state index contributed by atoms with van der Waals surface area (Å²) in [5, 5.41) is 0. The van der Waals surface area contributed by atoms with Gasteiger partial charge in [0.2, 0.25) is 0 Å². The molecule has 1 aromatic rings. The van der Waals surface area contributed by atoms with E-state index in [0.717, 1.165) is 30.8 Å². The van der Waals surface area contributed by atoms with Gasteiger partial charge < -0.3 is 0 Å². The standard InChI is InChI=1S/C13H18FNS/c1-10-7-13(16)12(14)8-11(10)9-15-5-3-2-4-6-15/h7-8,16H,2-6,9H2,1H3. The zero-order valence-electron chi connectivity index (χ0n) is 9.67. The van der Waals surface area contributed by atoms with Crippen molar-refractivity contribution in [3.8, 4) is 0 Å². The molecule has 1 aliphatic heterocycles. The minimum Gasteiger partial charge on any atom is -0.299 e. The number of hydrogen-bond acceptors (Lipinski definition) is 2. The van der Waals surface area contributed by atoms with Crippen LogP contribution in [0.4, 0.5) is 4.39 Å². The van der Waals surface area contributed by atoms with Gasteiger partial charge >= 0.3 is 0 Å². The summed E-state index contributed by atoms with van der Waals surface area (Å²) < 4.78 is 13.4. The molecule has 88 valence electrons. The molecule has 0 unspecified atom stereocenters. The van der Waals surface area contributed by atoms with Gasteiger partial charge in [0.15, 0.2) is 0 Å². The van der Waals surface area contributed by atoms with Crippen molar-refractivity contribution >= 4 is 12.6 Å². The molecule has 1 nitrogen and oxygen atoms in total. The molecule has 2 rings (SSSR count). The van der Waals surface area contributed by atoms with Crippen molar-refractivity contribution < 1.29 is 4.39 Å². The van der Waals surface area contributed by atoms with Crippen LogP contribution in [0.3, 0.4) is 0 Å². The van der Waals surface area contributed by atoms with Crippen LogP contribution in [-0.2, 0) is 6.54 Å². The van der Waals surface area contributed by atoms with E-state index in [-0.39, 0.29) is 5.82 Å². The summed E-state index contributed by atoms with van der Waals surface area (Å²) in [5.74, 6) is -0.207. The van der Waals surface area contributed by atoms with Crippen molar-refractivity contribution in [2.75, 3.05) is 13.1 Å². The predicted octanol–water partition coefficient (Wildman–Crippen LogP) is 3.41. The van der Waals surface area contributed by atoms with Gasteiger partial charge in [-0.2, -0.15) is 0 Å². The average Bonchev–Trinajstić information content (AvgIpc) is 2.27. The second-order valence-electron chi connectivity index (χ2n) is 4.57. The Morgan fingerprint density at radius 1 is 1.25 bits per heavy atom. The Morgan fingerprint density at radius 3 is 2.62 bits per heavy atom. The number of halogens is 1. The Balaban J connectivity index is 2.11. The quantitative estimate of drug-likeness (QED) is 0.774. The lowest BCUT2D eigenvalue weighted by Gasteiger charge is -2.27. The number of hydrogen-bond donors (Lipinski definition) is 1. The highest BCUT2D eigenvalue weighted by Crippen LogP contribution is 2.21. The van der Waals surface area contributed by atoms with E-state index in [1.165, 1.54) is 19.3 Å². The fourth-order valence-corrected chi connectivity index (χ4v) is 2.49. The lowest BCUT2D eigenvalue weighted by atomic mass is 10.1. The van der Waals surface area contributed by atoms with Gasteiger partial charge in [0.25, 0.3) is 0 Å². The molecule has 0 N–H and O–H groups in total. The molecule has 0 radical (unpaired) electrons. The van der Waals surface area contributed by atoms with Crippen LogP contribution in [0.5, 0.6) is 0 Å². The predicted molar refractivity (Wildman–Crippen MR) is 67.5 cm³/mol. The molecule has 0 atom stereocenters. The SMILES string of the molecule is Cc1cc(S)c(F)cc1CN1CCCCC1. The third kappa shape index (κ3) is 2.77. The molecule has 1 heterocycles. The number of thiol groups is 1. The highest BCUT2D eigenvalue weighted by molar-refractivity contribution is 7.80. The molecule has 0 amide bonds. The largest absolute Gasteiger partial charge is 0.299 e. The molecule has 0 aliphatic carbocycles. The second-order valence-corrected chi connectivity index (χ2v) is 5.05. The first-order chi connectivity index (χ1) is 7.66. The summed E-state index contributed by atoms with van der Waals surface area (Å²) in [5.41, 5.74) is 2.23. The lowest BCUT2D eigenvalue weighted by molar-refractivity contribution is 0.220. The molecule has 1 aliphatic rings. The second kappa shape index (κ2) is 5.19. The van der Waals surface area contributed by atoms with Crippen molar-refractivity contribution in [2.24, 2.45) is 0 Å². The Labute approximate surface area is 102 Å². The number of likely N-dealkylation sites (tertiary alicyclic amines) is 1. The molecule has 0 bridgehead atoms. The molecule has 0 spiro atoms. The van der Waals surface area contributed by atoms with Gasteiger partial charge in [-0.15, -0.1) is 12.6 Å². The van der Waals surface area contributed by atoms with Crippen molar-refractivity contribution in [1.29, 1.82) is 0 Å². The molecule has 1 aromatic carbocycles. The van der Waals surface area contributed by atoms with Crippen molar-refractivity contribution in [3.63, 3.8) is 0 Å². The van der Waals surface area contributed by atoms with E-state index in [0.29, 0.717) is 4.90 Å². The van der Waals surface area contributed by atoms with Crippen LogP contribution in [0.2, 0.25) is 0 Å². The lowest BCUT2D eigenvalue weighted by Crippen LogP contribution is -2.29. The first kappa shape index (κ1) is 11.9. The average molecular weight is 239 g/mol. The van der Waals surface area contributed by atoms with Crippen LogP contribution < -0.4 is 0 Å². The van der Waals surface area contributed by atoms with Crippen LogP contribution in [-0.4, -0.2) is 18.0 Å². The van der Waals surface area contributed by atoms with Crippen LogP contribution >= 0.6 is 12.6 Å². The first-order valence-electron chi connectivity index (χ1n) is 5.87. The number of rotatable bonds is 2. The Bertz CT molecular complexity index is 372. The molecule has 0 aromatic heterocycles. The van der Waals surface area contributed by atoms with Gasteiger partial charge in [-0.1, -0.05) is 6.42 Å². The summed E-state index contributed by atoms with van der Waals surface area (Å²) in [7, 11) is 0. The fourth-order valence-electron chi connectivity index (χ4n) is 2.24. The van der Waals surface area contributed by atoms with E-state index in [2.05, 4.69) is 17.5 Å². The van der Waals surface area contributed by atoms with E-state index in [1.807, 2.05) is 13.0 Å². The molecule has 0 saturated carbocycles. The number of piperidine rings is 1. The van der Waals surface area contributed by atoms with Crippen molar-refractivity contribution in [3.05, 3.63) is 29.1 Å². The normalized spacial score (nSPS) is 17.7. The highest BCUT2D eigenvalue weighted by Gasteiger charge is 2.12. The summed E-state index contributed by atoms with van der Waals surface area (Å²) in [6, 6.07) is 3.45. The van der Waals surface area contributed by atoms with Gasteiger partial charge in [-0.05, 0) is 56.1 Å².